The minimum Gasteiger partial charge on any atom is -0.463 e. The van der Waals surface area contributed by atoms with Gasteiger partial charge in [-0.15, -0.1) is 0 Å². The molecule has 0 unspecified atom stereocenters. The molecule has 2 rings (SSSR count). The van der Waals surface area contributed by atoms with E-state index in [4.69, 9.17) is 4.74 Å². The Hall–Kier alpha value is -1.57. The first-order valence-corrected chi connectivity index (χ1v) is 5.71. The Labute approximate surface area is 95.9 Å². The number of ether oxygens (including phenoxy) is 1. The van der Waals surface area contributed by atoms with Crippen LogP contribution >= 0.6 is 0 Å². The molecule has 0 heterocycles. The molecule has 0 spiro atoms. The zero-order chi connectivity index (χ0) is 11.4. The number of esters is 1. The summed E-state index contributed by atoms with van der Waals surface area (Å²) in [5, 5.41) is 0. The summed E-state index contributed by atoms with van der Waals surface area (Å²) < 4.78 is 4.84. The lowest BCUT2D eigenvalue weighted by atomic mass is 10.1. The van der Waals surface area contributed by atoms with E-state index in [1.807, 2.05) is 19.1 Å². The highest BCUT2D eigenvalue weighted by Crippen LogP contribution is 2.48. The predicted molar refractivity (Wildman–Crippen MR) is 63.1 cm³/mol. The van der Waals surface area contributed by atoms with Crippen molar-refractivity contribution in [3.63, 3.8) is 0 Å². The summed E-state index contributed by atoms with van der Waals surface area (Å²) in [4.78, 5) is 11.1. The predicted octanol–water partition coefficient (Wildman–Crippen LogP) is 2.91. The summed E-state index contributed by atoms with van der Waals surface area (Å²) in [5.74, 6) is 0.861. The summed E-state index contributed by atoms with van der Waals surface area (Å²) in [6.07, 6.45) is 4.66. The van der Waals surface area contributed by atoms with Crippen molar-refractivity contribution < 1.29 is 9.53 Å². The standard InChI is InChI=1S/C14H16O2/c1-2-16-14(15)9-8-12-10-13(12)11-6-4-3-5-7-11/h3-9,12-13H,2,10H2,1H3/b9-8+/t12-,13+/m1/s1. The van der Waals surface area contributed by atoms with Crippen molar-refractivity contribution in [1.29, 1.82) is 0 Å². The minimum atomic E-state index is -0.235. The largest absolute Gasteiger partial charge is 0.463 e. The second-order valence-electron chi connectivity index (χ2n) is 4.03. The third-order valence-electron chi connectivity index (χ3n) is 2.83. The average molecular weight is 216 g/mol. The molecule has 1 aromatic carbocycles. The molecule has 2 atom stereocenters. The van der Waals surface area contributed by atoms with Crippen LogP contribution in [0.3, 0.4) is 0 Å². The quantitative estimate of drug-likeness (QED) is 0.571. The number of rotatable bonds is 4. The molecule has 1 aliphatic rings. The van der Waals surface area contributed by atoms with Crippen LogP contribution in [0.5, 0.6) is 0 Å². The molecule has 1 saturated carbocycles. The lowest BCUT2D eigenvalue weighted by Crippen LogP contribution is -1.98. The second-order valence-corrected chi connectivity index (χ2v) is 4.03. The van der Waals surface area contributed by atoms with Crippen molar-refractivity contribution >= 4 is 5.97 Å². The molecule has 2 nitrogen and oxygen atoms in total. The summed E-state index contributed by atoms with van der Waals surface area (Å²) in [6.45, 7) is 2.26. The van der Waals surface area contributed by atoms with E-state index in [-0.39, 0.29) is 5.97 Å². The van der Waals surface area contributed by atoms with Gasteiger partial charge in [-0.2, -0.15) is 0 Å². The molecule has 1 fully saturated rings. The number of allylic oxidation sites excluding steroid dienone is 1. The van der Waals surface area contributed by atoms with Gasteiger partial charge in [0, 0.05) is 6.08 Å². The molecular formula is C14H16O2. The van der Waals surface area contributed by atoms with Crippen molar-refractivity contribution in [3.8, 4) is 0 Å². The first-order valence-electron chi connectivity index (χ1n) is 5.71. The third-order valence-corrected chi connectivity index (χ3v) is 2.83. The minimum absolute atomic E-state index is 0.235. The molecule has 1 aromatic rings. The SMILES string of the molecule is CCOC(=O)/C=C/[C@@H]1C[C@H]1c1ccccc1. The van der Waals surface area contributed by atoms with Gasteiger partial charge < -0.3 is 4.74 Å². The Balaban J connectivity index is 1.86. The van der Waals surface area contributed by atoms with Gasteiger partial charge in [-0.1, -0.05) is 36.4 Å². The number of benzene rings is 1. The first kappa shape index (κ1) is 10.9. The number of carbonyl (C=O) groups is 1. The zero-order valence-corrected chi connectivity index (χ0v) is 9.43. The van der Waals surface area contributed by atoms with E-state index in [1.54, 1.807) is 6.08 Å². The van der Waals surface area contributed by atoms with Gasteiger partial charge in [0.25, 0.3) is 0 Å². The van der Waals surface area contributed by atoms with Gasteiger partial charge in [-0.3, -0.25) is 0 Å². The molecule has 16 heavy (non-hydrogen) atoms. The average Bonchev–Trinajstić information content (AvgIpc) is 3.07. The van der Waals surface area contributed by atoms with E-state index in [1.165, 1.54) is 5.56 Å². The maximum atomic E-state index is 11.1. The van der Waals surface area contributed by atoms with Crippen molar-refractivity contribution in [2.75, 3.05) is 6.61 Å². The number of hydrogen-bond acceptors (Lipinski definition) is 2. The van der Waals surface area contributed by atoms with Crippen molar-refractivity contribution in [1.82, 2.24) is 0 Å². The van der Waals surface area contributed by atoms with E-state index in [9.17, 15) is 4.79 Å². The maximum absolute atomic E-state index is 11.1. The first-order chi connectivity index (χ1) is 7.81. The molecule has 84 valence electrons. The fourth-order valence-corrected chi connectivity index (χ4v) is 1.90. The Kier molecular flexibility index (Phi) is 3.40. The lowest BCUT2D eigenvalue weighted by molar-refractivity contribution is -0.137. The smallest absolute Gasteiger partial charge is 0.330 e. The topological polar surface area (TPSA) is 26.3 Å². The molecule has 2 heteroatoms. The van der Waals surface area contributed by atoms with Crippen molar-refractivity contribution in [3.05, 3.63) is 48.0 Å². The Morgan fingerprint density at radius 1 is 1.44 bits per heavy atom. The summed E-state index contributed by atoms with van der Waals surface area (Å²) >= 11 is 0. The lowest BCUT2D eigenvalue weighted by Gasteiger charge is -1.96. The van der Waals surface area contributed by atoms with E-state index in [0.29, 0.717) is 18.4 Å². The monoisotopic (exact) mass is 216 g/mol. The van der Waals surface area contributed by atoms with Crippen LogP contribution in [0, 0.1) is 5.92 Å². The van der Waals surface area contributed by atoms with E-state index >= 15 is 0 Å². The van der Waals surface area contributed by atoms with Crippen LogP contribution in [0.1, 0.15) is 24.8 Å². The summed E-state index contributed by atoms with van der Waals surface area (Å²) in [7, 11) is 0. The van der Waals surface area contributed by atoms with Crippen LogP contribution in [-0.2, 0) is 9.53 Å². The molecule has 0 amide bonds. The Bertz CT molecular complexity index is 381. The molecular weight excluding hydrogens is 200 g/mol. The fourth-order valence-electron chi connectivity index (χ4n) is 1.90. The van der Waals surface area contributed by atoms with E-state index in [0.717, 1.165) is 6.42 Å². The van der Waals surface area contributed by atoms with Crippen LogP contribution in [0.4, 0.5) is 0 Å². The fraction of sp³-hybridized carbons (Fsp3) is 0.357. The highest BCUT2D eigenvalue weighted by atomic mass is 16.5. The van der Waals surface area contributed by atoms with Crippen LogP contribution < -0.4 is 0 Å². The van der Waals surface area contributed by atoms with Gasteiger partial charge in [0.2, 0.25) is 0 Å². The van der Waals surface area contributed by atoms with Gasteiger partial charge >= 0.3 is 5.97 Å². The molecule has 1 aliphatic carbocycles. The van der Waals surface area contributed by atoms with Gasteiger partial charge in [0.15, 0.2) is 0 Å². The Morgan fingerprint density at radius 3 is 2.88 bits per heavy atom. The maximum Gasteiger partial charge on any atom is 0.330 e. The van der Waals surface area contributed by atoms with Crippen molar-refractivity contribution in [2.24, 2.45) is 5.92 Å². The number of carbonyl (C=O) groups excluding carboxylic acids is 1. The normalized spacial score (nSPS) is 23.3. The summed E-state index contributed by atoms with van der Waals surface area (Å²) in [5.41, 5.74) is 1.36. The Morgan fingerprint density at radius 2 is 2.19 bits per heavy atom. The molecule has 0 aliphatic heterocycles. The van der Waals surface area contributed by atoms with Gasteiger partial charge in [0.05, 0.1) is 6.61 Å². The third kappa shape index (κ3) is 2.72. The van der Waals surface area contributed by atoms with E-state index in [2.05, 4.69) is 24.3 Å². The van der Waals surface area contributed by atoms with Crippen LogP contribution in [-0.4, -0.2) is 12.6 Å². The van der Waals surface area contributed by atoms with Gasteiger partial charge in [-0.05, 0) is 30.7 Å². The number of hydrogen-bond donors (Lipinski definition) is 0. The molecule has 0 radical (unpaired) electrons. The van der Waals surface area contributed by atoms with Crippen LogP contribution in [0.2, 0.25) is 0 Å². The van der Waals surface area contributed by atoms with Crippen LogP contribution in [0.25, 0.3) is 0 Å². The molecule has 0 bridgehead atoms. The van der Waals surface area contributed by atoms with E-state index < -0.39 is 0 Å². The zero-order valence-electron chi connectivity index (χ0n) is 9.43. The second kappa shape index (κ2) is 4.97. The summed E-state index contributed by atoms with van der Waals surface area (Å²) in [6, 6.07) is 10.4. The highest BCUT2D eigenvalue weighted by molar-refractivity contribution is 5.82. The molecule has 0 saturated heterocycles. The van der Waals surface area contributed by atoms with Crippen molar-refractivity contribution in [2.45, 2.75) is 19.3 Å². The van der Waals surface area contributed by atoms with Gasteiger partial charge in [0.1, 0.15) is 0 Å². The highest BCUT2D eigenvalue weighted by Gasteiger charge is 2.35. The van der Waals surface area contributed by atoms with Crippen LogP contribution in [0.15, 0.2) is 42.5 Å². The molecule has 0 aromatic heterocycles. The molecule has 0 N–H and O–H groups in total. The van der Waals surface area contributed by atoms with Gasteiger partial charge in [-0.25, -0.2) is 4.79 Å².